The van der Waals surface area contributed by atoms with Gasteiger partial charge in [-0.15, -0.1) is 0 Å². The molecule has 0 unspecified atom stereocenters. The van der Waals surface area contributed by atoms with Gasteiger partial charge < -0.3 is 5.11 Å². The summed E-state index contributed by atoms with van der Waals surface area (Å²) in [6.07, 6.45) is 1.10. The first-order valence-corrected chi connectivity index (χ1v) is 10.8. The first-order valence-electron chi connectivity index (χ1n) is 7.51. The third-order valence-electron chi connectivity index (χ3n) is 3.88. The molecule has 0 amide bonds. The van der Waals surface area contributed by atoms with Crippen molar-refractivity contribution in [3.63, 3.8) is 0 Å². The second-order valence-corrected chi connectivity index (χ2v) is 9.99. The highest BCUT2D eigenvalue weighted by molar-refractivity contribution is 7.92. The van der Waals surface area contributed by atoms with Gasteiger partial charge in [-0.05, 0) is 37.5 Å². The fourth-order valence-electron chi connectivity index (χ4n) is 2.36. The summed E-state index contributed by atoms with van der Waals surface area (Å²) in [5, 5.41) is 8.66. The number of hydrogen-bond donors (Lipinski definition) is 1. The fourth-order valence-corrected chi connectivity index (χ4v) is 4.34. The molecule has 25 heavy (non-hydrogen) atoms. The first-order chi connectivity index (χ1) is 11.3. The fraction of sp³-hybridized carbons (Fsp3) is 0.533. The molecule has 10 heteroatoms. The Bertz CT molecular complexity index is 862. The van der Waals surface area contributed by atoms with Gasteiger partial charge in [-0.2, -0.15) is 0 Å². The van der Waals surface area contributed by atoms with Gasteiger partial charge in [-0.3, -0.25) is 9.10 Å². The molecule has 0 atom stereocenters. The van der Waals surface area contributed by atoms with Crippen LogP contribution in [0.25, 0.3) is 0 Å². The van der Waals surface area contributed by atoms with E-state index in [9.17, 15) is 21.6 Å². The topological polar surface area (TPSA) is 112 Å². The van der Waals surface area contributed by atoms with Crippen molar-refractivity contribution in [3.05, 3.63) is 23.3 Å². The number of benzene rings is 1. The van der Waals surface area contributed by atoms with Crippen molar-refractivity contribution in [2.45, 2.75) is 31.6 Å². The molecule has 0 bridgehead atoms. The van der Waals surface area contributed by atoms with Gasteiger partial charge in [0.05, 0.1) is 16.8 Å². The van der Waals surface area contributed by atoms with Gasteiger partial charge in [-0.1, -0.05) is 6.07 Å². The van der Waals surface area contributed by atoms with Crippen LogP contribution in [-0.4, -0.2) is 59.1 Å². The van der Waals surface area contributed by atoms with E-state index in [1.165, 1.54) is 20.2 Å². The predicted octanol–water partition coefficient (Wildman–Crippen LogP) is 1.18. The minimum atomic E-state index is -3.87. The number of aryl methyl sites for hydroxylation is 2. The zero-order valence-corrected chi connectivity index (χ0v) is 16.6. The van der Waals surface area contributed by atoms with Crippen molar-refractivity contribution in [2.75, 3.05) is 31.2 Å². The summed E-state index contributed by atoms with van der Waals surface area (Å²) in [6.45, 7) is 3.39. The average molecular weight is 392 g/mol. The Morgan fingerprint density at radius 3 is 2.12 bits per heavy atom. The second-order valence-electron chi connectivity index (χ2n) is 5.96. The number of rotatable bonds is 8. The highest BCUT2D eigenvalue weighted by Gasteiger charge is 2.25. The van der Waals surface area contributed by atoms with Crippen molar-refractivity contribution in [2.24, 2.45) is 0 Å². The summed E-state index contributed by atoms with van der Waals surface area (Å²) < 4.78 is 51.2. The maximum Gasteiger partial charge on any atom is 0.303 e. The number of aliphatic carboxylic acids is 1. The molecule has 0 saturated heterocycles. The van der Waals surface area contributed by atoms with E-state index in [0.29, 0.717) is 11.1 Å². The van der Waals surface area contributed by atoms with Gasteiger partial charge in [0.25, 0.3) is 0 Å². The molecule has 1 N–H and O–H groups in total. The molecule has 0 aliphatic rings. The molecule has 0 saturated carbocycles. The van der Waals surface area contributed by atoms with Crippen molar-refractivity contribution >= 4 is 31.7 Å². The molecule has 1 rings (SSSR count). The minimum Gasteiger partial charge on any atom is -0.481 e. The van der Waals surface area contributed by atoms with Gasteiger partial charge >= 0.3 is 5.97 Å². The van der Waals surface area contributed by atoms with Crippen LogP contribution in [0.1, 0.15) is 24.0 Å². The maximum atomic E-state index is 12.8. The molecule has 8 nitrogen and oxygen atoms in total. The van der Waals surface area contributed by atoms with Gasteiger partial charge in [0, 0.05) is 27.1 Å². The Morgan fingerprint density at radius 2 is 1.64 bits per heavy atom. The number of carboxylic acid groups (broad SMARTS) is 1. The van der Waals surface area contributed by atoms with Gasteiger partial charge in [0.15, 0.2) is 0 Å². The van der Waals surface area contributed by atoms with Crippen LogP contribution in [0.3, 0.4) is 0 Å². The third-order valence-corrected chi connectivity index (χ3v) is 7.07. The summed E-state index contributed by atoms with van der Waals surface area (Å²) in [7, 11) is -4.67. The number of carbonyl (C=O) groups is 1. The van der Waals surface area contributed by atoms with E-state index in [4.69, 9.17) is 5.11 Å². The van der Waals surface area contributed by atoms with Crippen molar-refractivity contribution in [1.29, 1.82) is 0 Å². The largest absolute Gasteiger partial charge is 0.481 e. The van der Waals surface area contributed by atoms with Crippen molar-refractivity contribution < 1.29 is 26.7 Å². The quantitative estimate of drug-likeness (QED) is 0.711. The summed E-state index contributed by atoms with van der Waals surface area (Å²) >= 11 is 0. The molecular formula is C15H24N2O6S2. The van der Waals surface area contributed by atoms with Gasteiger partial charge in [0.2, 0.25) is 20.0 Å². The van der Waals surface area contributed by atoms with Crippen LogP contribution in [0.2, 0.25) is 0 Å². The molecule has 0 heterocycles. The van der Waals surface area contributed by atoms with Crippen molar-refractivity contribution in [1.82, 2.24) is 4.31 Å². The van der Waals surface area contributed by atoms with E-state index in [2.05, 4.69) is 0 Å². The third kappa shape index (κ3) is 5.16. The van der Waals surface area contributed by atoms with E-state index < -0.39 is 26.0 Å². The van der Waals surface area contributed by atoms with E-state index in [-0.39, 0.29) is 30.0 Å². The standard InChI is InChI=1S/C15H24N2O6S2/c1-11-9-12(2)14(10-13(11)17(4)24(5,20)21)25(22,23)16(3)8-6-7-15(18)19/h9-10H,6-8H2,1-5H3,(H,18,19). The molecule has 142 valence electrons. The summed E-state index contributed by atoms with van der Waals surface area (Å²) in [4.78, 5) is 10.6. The Labute approximate surface area is 149 Å². The predicted molar refractivity (Wildman–Crippen MR) is 95.8 cm³/mol. The molecule has 0 fully saturated rings. The van der Waals surface area contributed by atoms with Crippen LogP contribution in [-0.2, 0) is 24.8 Å². The highest BCUT2D eigenvalue weighted by atomic mass is 32.2. The van der Waals surface area contributed by atoms with E-state index in [1.807, 2.05) is 0 Å². The smallest absolute Gasteiger partial charge is 0.303 e. The van der Waals surface area contributed by atoms with Gasteiger partial charge in [0.1, 0.15) is 0 Å². The first kappa shape index (κ1) is 21.4. The Hall–Kier alpha value is -1.65. The normalized spacial score (nSPS) is 12.4. The number of hydrogen-bond acceptors (Lipinski definition) is 5. The zero-order valence-electron chi connectivity index (χ0n) is 15.0. The highest BCUT2D eigenvalue weighted by Crippen LogP contribution is 2.29. The Morgan fingerprint density at radius 1 is 1.08 bits per heavy atom. The molecule has 0 aromatic heterocycles. The second kappa shape index (κ2) is 7.71. The van der Waals surface area contributed by atoms with E-state index >= 15 is 0 Å². The van der Waals surface area contributed by atoms with Crippen LogP contribution in [0, 0.1) is 13.8 Å². The Balaban J connectivity index is 3.29. The van der Waals surface area contributed by atoms with Crippen LogP contribution >= 0.6 is 0 Å². The monoisotopic (exact) mass is 392 g/mol. The summed E-state index contributed by atoms with van der Waals surface area (Å²) in [6, 6.07) is 2.96. The van der Waals surface area contributed by atoms with Crippen molar-refractivity contribution in [3.8, 4) is 0 Å². The molecule has 1 aromatic rings. The van der Waals surface area contributed by atoms with Gasteiger partial charge in [-0.25, -0.2) is 21.1 Å². The van der Waals surface area contributed by atoms with Crippen LogP contribution < -0.4 is 4.31 Å². The number of carboxylic acids is 1. The average Bonchev–Trinajstić information content (AvgIpc) is 2.44. The zero-order chi connectivity index (χ0) is 19.6. The molecule has 0 spiro atoms. The number of nitrogens with zero attached hydrogens (tertiary/aromatic N) is 2. The van der Waals surface area contributed by atoms with Crippen LogP contribution in [0.5, 0.6) is 0 Å². The summed E-state index contributed by atoms with van der Waals surface area (Å²) in [5.74, 6) is -0.991. The SMILES string of the molecule is Cc1cc(C)c(S(=O)(=O)N(C)CCCC(=O)O)cc1N(C)S(C)(=O)=O. The Kier molecular flexibility index (Phi) is 6.60. The lowest BCUT2D eigenvalue weighted by Gasteiger charge is -2.23. The van der Waals surface area contributed by atoms with E-state index in [1.54, 1.807) is 19.9 Å². The van der Waals surface area contributed by atoms with Crippen LogP contribution in [0.4, 0.5) is 5.69 Å². The molecule has 0 aliphatic carbocycles. The van der Waals surface area contributed by atoms with E-state index in [0.717, 1.165) is 14.9 Å². The maximum absolute atomic E-state index is 12.8. The van der Waals surface area contributed by atoms with Crippen LogP contribution in [0.15, 0.2) is 17.0 Å². The minimum absolute atomic E-state index is 0.00132. The lowest BCUT2D eigenvalue weighted by Crippen LogP contribution is -2.30. The lowest BCUT2D eigenvalue weighted by molar-refractivity contribution is -0.137. The summed E-state index contributed by atoms with van der Waals surface area (Å²) in [5.41, 5.74) is 1.41. The molecule has 0 radical (unpaired) electrons. The molecule has 1 aromatic carbocycles. The number of sulfonamides is 2. The number of anilines is 1. The molecule has 0 aliphatic heterocycles. The lowest BCUT2D eigenvalue weighted by atomic mass is 10.1. The molecular weight excluding hydrogens is 368 g/mol.